The highest BCUT2D eigenvalue weighted by molar-refractivity contribution is 7.47. The molecular formula is C49H92NO10P. The zero-order valence-corrected chi connectivity index (χ0v) is 39.9. The molecule has 0 radical (unpaired) electrons. The number of carboxylic acid groups (broad SMARTS) is 1. The highest BCUT2D eigenvalue weighted by Crippen LogP contribution is 2.43. The number of hydrogen-bond donors (Lipinski definition) is 4. The van der Waals surface area contributed by atoms with Gasteiger partial charge in [0.2, 0.25) is 5.91 Å². The summed E-state index contributed by atoms with van der Waals surface area (Å²) in [6, 6.07) is -1.54. The number of carboxylic acids is 1. The summed E-state index contributed by atoms with van der Waals surface area (Å²) in [5.41, 5.74) is 0. The zero-order valence-electron chi connectivity index (χ0n) is 39.0. The van der Waals surface area contributed by atoms with Crippen LogP contribution in [-0.2, 0) is 32.7 Å². The monoisotopic (exact) mass is 886 g/mol. The van der Waals surface area contributed by atoms with Gasteiger partial charge in [-0.3, -0.25) is 18.6 Å². The van der Waals surface area contributed by atoms with Gasteiger partial charge in [0.05, 0.1) is 13.2 Å². The molecule has 4 N–H and O–H groups in total. The molecule has 0 saturated heterocycles. The molecule has 11 nitrogen and oxygen atoms in total. The second kappa shape index (κ2) is 44.6. The quantitative estimate of drug-likeness (QED) is 0.0200. The first-order valence-electron chi connectivity index (χ1n) is 24.9. The molecule has 0 aromatic rings. The number of amides is 1. The first-order chi connectivity index (χ1) is 29.6. The van der Waals surface area contributed by atoms with Gasteiger partial charge in [0.15, 0.2) is 6.04 Å². The van der Waals surface area contributed by atoms with Crippen molar-refractivity contribution in [2.75, 3.05) is 19.8 Å². The summed E-state index contributed by atoms with van der Waals surface area (Å²) in [7, 11) is -4.76. The molecule has 0 fully saturated rings. The summed E-state index contributed by atoms with van der Waals surface area (Å²) in [5, 5.41) is 21.9. The maximum Gasteiger partial charge on any atom is 0.472 e. The Labute approximate surface area is 372 Å². The van der Waals surface area contributed by atoms with Gasteiger partial charge < -0.3 is 25.2 Å². The van der Waals surface area contributed by atoms with Gasteiger partial charge in [-0.25, -0.2) is 9.36 Å². The number of carbonyl (C=O) groups excluding carboxylic acids is 2. The fraction of sp³-hybridized carbons (Fsp3) is 0.857. The first-order valence-corrected chi connectivity index (χ1v) is 26.4. The minimum absolute atomic E-state index is 0.147. The van der Waals surface area contributed by atoms with Crippen molar-refractivity contribution in [2.45, 2.75) is 251 Å². The highest BCUT2D eigenvalue weighted by atomic mass is 31.2. The molecule has 12 heteroatoms. The number of phosphoric acid groups is 1. The molecule has 0 aliphatic rings. The normalized spacial score (nSPS) is 13.8. The second-order valence-electron chi connectivity index (χ2n) is 17.0. The summed E-state index contributed by atoms with van der Waals surface area (Å²) in [4.78, 5) is 46.0. The number of aliphatic hydroxyl groups excluding tert-OH is 1. The highest BCUT2D eigenvalue weighted by Gasteiger charge is 2.28. The van der Waals surface area contributed by atoms with Gasteiger partial charge in [0.25, 0.3) is 0 Å². The molecule has 3 unspecified atom stereocenters. The Bertz CT molecular complexity index is 1130. The first kappa shape index (κ1) is 59.0. The summed E-state index contributed by atoms with van der Waals surface area (Å²) >= 11 is 0. The number of phosphoric ester groups is 1. The molecule has 3 atom stereocenters. The lowest BCUT2D eigenvalue weighted by Crippen LogP contribution is -2.43. The molecule has 0 saturated carbocycles. The Morgan fingerprint density at radius 1 is 0.525 bits per heavy atom. The van der Waals surface area contributed by atoms with Gasteiger partial charge in [-0.05, 0) is 44.9 Å². The lowest BCUT2D eigenvalue weighted by atomic mass is 10.0. The van der Waals surface area contributed by atoms with Crippen molar-refractivity contribution in [1.29, 1.82) is 0 Å². The minimum Gasteiger partial charge on any atom is -0.480 e. The van der Waals surface area contributed by atoms with E-state index in [0.717, 1.165) is 44.9 Å². The smallest absolute Gasteiger partial charge is 0.472 e. The predicted octanol–water partition coefficient (Wildman–Crippen LogP) is 13.4. The number of allylic oxidation sites excluding steroid dienone is 4. The lowest BCUT2D eigenvalue weighted by molar-refractivity contribution is -0.147. The van der Waals surface area contributed by atoms with E-state index in [1.165, 1.54) is 154 Å². The van der Waals surface area contributed by atoms with Crippen molar-refractivity contribution < 1.29 is 47.8 Å². The number of esters is 1. The Morgan fingerprint density at radius 3 is 1.36 bits per heavy atom. The third kappa shape index (κ3) is 44.4. The van der Waals surface area contributed by atoms with Gasteiger partial charge >= 0.3 is 19.8 Å². The fourth-order valence-electron chi connectivity index (χ4n) is 7.11. The maximum atomic E-state index is 12.4. The minimum atomic E-state index is -4.76. The number of rotatable bonds is 47. The SMILES string of the molecule is CCCCC/C=C\C/C=C\CCCCCCCCCCCCCCCC(=O)NC(COP(=O)(O)OCC(O)COC(=O)CCCCCCCCCCCCCCCC)C(=O)O. The van der Waals surface area contributed by atoms with Crippen molar-refractivity contribution in [3.8, 4) is 0 Å². The van der Waals surface area contributed by atoms with E-state index in [1.807, 2.05) is 0 Å². The molecule has 0 aromatic heterocycles. The molecule has 0 heterocycles. The summed E-state index contributed by atoms with van der Waals surface area (Å²) in [6.45, 7) is 2.60. The molecule has 0 rings (SSSR count). The van der Waals surface area contributed by atoms with Crippen LogP contribution in [0.2, 0.25) is 0 Å². The lowest BCUT2D eigenvalue weighted by Gasteiger charge is -2.18. The molecule has 0 aliphatic heterocycles. The van der Waals surface area contributed by atoms with E-state index in [2.05, 4.69) is 43.5 Å². The number of ether oxygens (including phenoxy) is 1. The van der Waals surface area contributed by atoms with Crippen LogP contribution in [0.4, 0.5) is 0 Å². The standard InChI is InChI=1S/C49H92NO10P/c1-3-5-7-9-11-13-15-17-19-20-21-22-23-24-25-26-27-28-30-32-34-36-38-40-47(52)50-46(49(54)55)44-60-61(56,57)59-43-45(51)42-58-48(53)41-39-37-35-33-31-29-18-16-14-12-10-8-6-4-2/h11,13,17,19,45-46,51H,3-10,12,14-16,18,20-44H2,1-2H3,(H,50,52)(H,54,55)(H,56,57)/b13-11-,19-17-. The molecule has 0 spiro atoms. The van der Waals surface area contributed by atoms with Crippen LogP contribution in [0.3, 0.4) is 0 Å². The van der Waals surface area contributed by atoms with Gasteiger partial charge in [-0.15, -0.1) is 0 Å². The Kier molecular flexibility index (Phi) is 43.1. The van der Waals surface area contributed by atoms with Crippen LogP contribution in [0.15, 0.2) is 24.3 Å². The molecule has 61 heavy (non-hydrogen) atoms. The van der Waals surface area contributed by atoms with Gasteiger partial charge in [0, 0.05) is 12.8 Å². The molecule has 358 valence electrons. The number of aliphatic carboxylic acids is 1. The third-order valence-electron chi connectivity index (χ3n) is 11.0. The number of unbranched alkanes of at least 4 members (excludes halogenated alkanes) is 29. The third-order valence-corrected chi connectivity index (χ3v) is 11.9. The van der Waals surface area contributed by atoms with E-state index >= 15 is 0 Å². The Balaban J connectivity index is 3.81. The Hall–Kier alpha value is -2.04. The van der Waals surface area contributed by atoms with E-state index in [1.54, 1.807) is 0 Å². The number of nitrogens with one attached hydrogen (secondary N) is 1. The van der Waals surface area contributed by atoms with Crippen LogP contribution < -0.4 is 5.32 Å². The predicted molar refractivity (Wildman–Crippen MR) is 249 cm³/mol. The molecule has 0 bridgehead atoms. The van der Waals surface area contributed by atoms with Crippen molar-refractivity contribution in [3.05, 3.63) is 24.3 Å². The largest absolute Gasteiger partial charge is 0.480 e. The molecule has 1 amide bonds. The summed E-state index contributed by atoms with van der Waals surface area (Å²) in [5.74, 6) is -2.36. The van der Waals surface area contributed by atoms with Crippen molar-refractivity contribution >= 4 is 25.7 Å². The van der Waals surface area contributed by atoms with Crippen LogP contribution >= 0.6 is 7.82 Å². The van der Waals surface area contributed by atoms with E-state index in [4.69, 9.17) is 13.8 Å². The maximum absolute atomic E-state index is 12.4. The van der Waals surface area contributed by atoms with Crippen molar-refractivity contribution in [3.63, 3.8) is 0 Å². The topological polar surface area (TPSA) is 169 Å². The van der Waals surface area contributed by atoms with Crippen molar-refractivity contribution in [1.82, 2.24) is 5.32 Å². The van der Waals surface area contributed by atoms with Crippen LogP contribution in [0.1, 0.15) is 239 Å². The molecule has 0 aliphatic carbocycles. The fourth-order valence-corrected chi connectivity index (χ4v) is 7.88. The average molecular weight is 886 g/mol. The summed E-state index contributed by atoms with van der Waals surface area (Å²) < 4.78 is 26.9. The number of aliphatic hydroxyl groups is 1. The molecular weight excluding hydrogens is 794 g/mol. The Morgan fingerprint density at radius 2 is 0.902 bits per heavy atom. The van der Waals surface area contributed by atoms with E-state index in [9.17, 15) is 34.1 Å². The van der Waals surface area contributed by atoms with Crippen LogP contribution in [0.5, 0.6) is 0 Å². The van der Waals surface area contributed by atoms with E-state index in [-0.39, 0.29) is 12.8 Å². The molecule has 0 aromatic carbocycles. The van der Waals surface area contributed by atoms with Crippen LogP contribution in [-0.4, -0.2) is 64.9 Å². The zero-order chi connectivity index (χ0) is 44.9. The number of carbonyl (C=O) groups is 3. The number of hydrogen-bond acceptors (Lipinski definition) is 8. The van der Waals surface area contributed by atoms with Gasteiger partial charge in [0.1, 0.15) is 12.7 Å². The van der Waals surface area contributed by atoms with Gasteiger partial charge in [-0.2, -0.15) is 0 Å². The van der Waals surface area contributed by atoms with Crippen LogP contribution in [0.25, 0.3) is 0 Å². The van der Waals surface area contributed by atoms with Crippen LogP contribution in [0, 0.1) is 0 Å². The van der Waals surface area contributed by atoms with E-state index in [0.29, 0.717) is 12.8 Å². The average Bonchev–Trinajstić information content (AvgIpc) is 3.24. The van der Waals surface area contributed by atoms with Gasteiger partial charge in [-0.1, -0.05) is 205 Å². The second-order valence-corrected chi connectivity index (χ2v) is 18.5. The summed E-state index contributed by atoms with van der Waals surface area (Å²) in [6.07, 6.45) is 47.7. The van der Waals surface area contributed by atoms with Crippen molar-refractivity contribution in [2.24, 2.45) is 0 Å². The van der Waals surface area contributed by atoms with E-state index < -0.39 is 57.6 Å².